The number of halogens is 1. The largest absolute Gasteiger partial charge is 0.497 e. The zero-order valence-electron chi connectivity index (χ0n) is 16.1. The van der Waals surface area contributed by atoms with Gasteiger partial charge in [-0.3, -0.25) is 14.5 Å². The Bertz CT molecular complexity index is 864. The summed E-state index contributed by atoms with van der Waals surface area (Å²) in [5, 5.41) is 2.71. The monoisotopic (exact) mass is 385 g/mol. The Morgan fingerprint density at radius 2 is 1.86 bits per heavy atom. The molecule has 6 nitrogen and oxygen atoms in total. The predicted octanol–water partition coefficient (Wildman–Crippen LogP) is 2.54. The summed E-state index contributed by atoms with van der Waals surface area (Å²) >= 11 is 0. The second kappa shape index (κ2) is 8.84. The Morgan fingerprint density at radius 1 is 1.11 bits per heavy atom. The van der Waals surface area contributed by atoms with E-state index in [-0.39, 0.29) is 24.2 Å². The summed E-state index contributed by atoms with van der Waals surface area (Å²) in [6.45, 7) is 4.17. The maximum absolute atomic E-state index is 13.6. The van der Waals surface area contributed by atoms with E-state index in [9.17, 15) is 14.0 Å². The van der Waals surface area contributed by atoms with Gasteiger partial charge in [-0.1, -0.05) is 12.1 Å². The number of carbonyl (C=O) groups excluding carboxylic acids is 2. The van der Waals surface area contributed by atoms with Crippen molar-refractivity contribution in [3.05, 3.63) is 59.4 Å². The molecule has 1 aliphatic rings. The molecule has 1 saturated heterocycles. The number of hydrogen-bond acceptors (Lipinski definition) is 4. The van der Waals surface area contributed by atoms with Crippen molar-refractivity contribution in [1.29, 1.82) is 0 Å². The van der Waals surface area contributed by atoms with Crippen LogP contribution >= 0.6 is 0 Å². The van der Waals surface area contributed by atoms with Crippen molar-refractivity contribution in [2.24, 2.45) is 0 Å². The third kappa shape index (κ3) is 4.86. The smallest absolute Gasteiger partial charge is 0.254 e. The molecular weight excluding hydrogens is 361 g/mol. The van der Waals surface area contributed by atoms with Crippen LogP contribution in [0.2, 0.25) is 0 Å². The molecule has 0 radical (unpaired) electrons. The van der Waals surface area contributed by atoms with Gasteiger partial charge in [0.1, 0.15) is 11.6 Å². The maximum atomic E-state index is 13.6. The van der Waals surface area contributed by atoms with E-state index in [1.54, 1.807) is 55.3 Å². The standard InChI is InChI=1S/C21H24FN3O3/c1-15-6-7-17(13-19(15)22)23-20(26)14-24-8-10-25(11-9-24)21(27)16-4-3-5-18(12-16)28-2/h3-7,12-13H,8-11,14H2,1-2H3,(H,23,26). The summed E-state index contributed by atoms with van der Waals surface area (Å²) in [5.41, 5.74) is 1.57. The number of carbonyl (C=O) groups is 2. The molecule has 3 rings (SSSR count). The average molecular weight is 385 g/mol. The van der Waals surface area contributed by atoms with Crippen LogP contribution in [0.3, 0.4) is 0 Å². The second-order valence-electron chi connectivity index (χ2n) is 6.81. The van der Waals surface area contributed by atoms with E-state index >= 15 is 0 Å². The highest BCUT2D eigenvalue weighted by Crippen LogP contribution is 2.16. The molecule has 0 aliphatic carbocycles. The van der Waals surface area contributed by atoms with Gasteiger partial charge in [0.05, 0.1) is 13.7 Å². The van der Waals surface area contributed by atoms with Crippen molar-refractivity contribution in [3.63, 3.8) is 0 Å². The molecule has 0 unspecified atom stereocenters. The van der Waals surface area contributed by atoms with Gasteiger partial charge in [-0.2, -0.15) is 0 Å². The normalized spacial score (nSPS) is 14.6. The maximum Gasteiger partial charge on any atom is 0.254 e. The van der Waals surface area contributed by atoms with Crippen LogP contribution in [0.15, 0.2) is 42.5 Å². The summed E-state index contributed by atoms with van der Waals surface area (Å²) in [5.74, 6) is 0.0603. The zero-order chi connectivity index (χ0) is 20.1. The molecule has 148 valence electrons. The lowest BCUT2D eigenvalue weighted by atomic mass is 10.1. The van der Waals surface area contributed by atoms with E-state index in [1.165, 1.54) is 6.07 Å². The number of ether oxygens (including phenoxy) is 1. The molecule has 0 spiro atoms. The molecule has 1 aliphatic heterocycles. The lowest BCUT2D eigenvalue weighted by molar-refractivity contribution is -0.117. The van der Waals surface area contributed by atoms with E-state index < -0.39 is 0 Å². The van der Waals surface area contributed by atoms with Crippen molar-refractivity contribution in [3.8, 4) is 5.75 Å². The molecule has 2 aromatic rings. The molecule has 2 amide bonds. The van der Waals surface area contributed by atoms with Crippen LogP contribution in [0.1, 0.15) is 15.9 Å². The van der Waals surface area contributed by atoms with Gasteiger partial charge in [-0.25, -0.2) is 4.39 Å². The third-order valence-electron chi connectivity index (χ3n) is 4.80. The second-order valence-corrected chi connectivity index (χ2v) is 6.81. The minimum absolute atomic E-state index is 0.0434. The van der Waals surface area contributed by atoms with Crippen molar-refractivity contribution in [1.82, 2.24) is 9.80 Å². The van der Waals surface area contributed by atoms with Crippen molar-refractivity contribution in [2.45, 2.75) is 6.92 Å². The SMILES string of the molecule is COc1cccc(C(=O)N2CCN(CC(=O)Nc3ccc(C)c(F)c3)CC2)c1. The number of nitrogens with zero attached hydrogens (tertiary/aromatic N) is 2. The van der Waals surface area contributed by atoms with Gasteiger partial charge in [0, 0.05) is 37.4 Å². The highest BCUT2D eigenvalue weighted by molar-refractivity contribution is 5.95. The van der Waals surface area contributed by atoms with Crippen molar-refractivity contribution >= 4 is 17.5 Å². The topological polar surface area (TPSA) is 61.9 Å². The number of amides is 2. The number of benzene rings is 2. The number of piperazine rings is 1. The number of rotatable bonds is 5. The number of nitrogens with one attached hydrogen (secondary N) is 1. The minimum Gasteiger partial charge on any atom is -0.497 e. The minimum atomic E-state index is -0.345. The first kappa shape index (κ1) is 19.8. The fourth-order valence-corrected chi connectivity index (χ4v) is 3.12. The molecule has 1 N–H and O–H groups in total. The van der Waals surface area contributed by atoms with Crippen molar-refractivity contribution in [2.75, 3.05) is 45.2 Å². The lowest BCUT2D eigenvalue weighted by Crippen LogP contribution is -2.50. The Hall–Kier alpha value is -2.93. The molecule has 2 aromatic carbocycles. The summed E-state index contributed by atoms with van der Waals surface area (Å²) in [6.07, 6.45) is 0. The van der Waals surface area contributed by atoms with E-state index in [2.05, 4.69) is 5.32 Å². The van der Waals surface area contributed by atoms with Crippen LogP contribution in [0.5, 0.6) is 5.75 Å². The van der Waals surface area contributed by atoms with E-state index in [1.807, 2.05) is 4.90 Å². The molecule has 0 bridgehead atoms. The van der Waals surface area contributed by atoms with Crippen LogP contribution in [-0.4, -0.2) is 61.4 Å². The summed E-state index contributed by atoms with van der Waals surface area (Å²) in [6, 6.07) is 11.7. The molecule has 7 heteroatoms. The van der Waals surface area contributed by atoms with Crippen LogP contribution < -0.4 is 10.1 Å². The fourth-order valence-electron chi connectivity index (χ4n) is 3.12. The summed E-state index contributed by atoms with van der Waals surface area (Å²) in [4.78, 5) is 28.6. The highest BCUT2D eigenvalue weighted by atomic mass is 19.1. The number of aryl methyl sites for hydroxylation is 1. The van der Waals surface area contributed by atoms with Gasteiger partial charge in [-0.05, 0) is 42.8 Å². The van der Waals surface area contributed by atoms with Crippen LogP contribution in [0.25, 0.3) is 0 Å². The Balaban J connectivity index is 1.50. The first-order valence-corrected chi connectivity index (χ1v) is 9.18. The van der Waals surface area contributed by atoms with Gasteiger partial charge < -0.3 is 15.0 Å². The van der Waals surface area contributed by atoms with Crippen LogP contribution in [0, 0.1) is 12.7 Å². The first-order chi connectivity index (χ1) is 13.5. The van der Waals surface area contributed by atoms with Gasteiger partial charge in [0.15, 0.2) is 0 Å². The highest BCUT2D eigenvalue weighted by Gasteiger charge is 2.23. The number of methoxy groups -OCH3 is 1. The van der Waals surface area contributed by atoms with Crippen molar-refractivity contribution < 1.29 is 18.7 Å². The molecule has 0 saturated carbocycles. The number of hydrogen-bond donors (Lipinski definition) is 1. The molecule has 1 heterocycles. The molecular formula is C21H24FN3O3. The Labute approximate surface area is 163 Å². The molecule has 0 atom stereocenters. The molecule has 28 heavy (non-hydrogen) atoms. The Kier molecular flexibility index (Phi) is 6.26. The van der Waals surface area contributed by atoms with Crippen LogP contribution in [-0.2, 0) is 4.79 Å². The van der Waals surface area contributed by atoms with Gasteiger partial charge in [0.2, 0.25) is 5.91 Å². The van der Waals surface area contributed by atoms with Gasteiger partial charge in [-0.15, -0.1) is 0 Å². The lowest BCUT2D eigenvalue weighted by Gasteiger charge is -2.34. The summed E-state index contributed by atoms with van der Waals surface area (Å²) < 4.78 is 18.8. The number of anilines is 1. The van der Waals surface area contributed by atoms with Gasteiger partial charge in [0.25, 0.3) is 5.91 Å². The molecule has 1 fully saturated rings. The zero-order valence-corrected chi connectivity index (χ0v) is 16.1. The fraction of sp³-hybridized carbons (Fsp3) is 0.333. The first-order valence-electron chi connectivity index (χ1n) is 9.18. The summed E-state index contributed by atoms with van der Waals surface area (Å²) in [7, 11) is 1.57. The van der Waals surface area contributed by atoms with E-state index in [4.69, 9.17) is 4.74 Å². The average Bonchev–Trinajstić information content (AvgIpc) is 2.71. The third-order valence-corrected chi connectivity index (χ3v) is 4.80. The van der Waals surface area contributed by atoms with Gasteiger partial charge >= 0.3 is 0 Å². The van der Waals surface area contributed by atoms with E-state index in [0.29, 0.717) is 48.7 Å². The predicted molar refractivity (Wildman–Crippen MR) is 105 cm³/mol. The Morgan fingerprint density at radius 3 is 2.54 bits per heavy atom. The van der Waals surface area contributed by atoms with Crippen LogP contribution in [0.4, 0.5) is 10.1 Å². The molecule has 0 aromatic heterocycles. The quantitative estimate of drug-likeness (QED) is 0.859. The van der Waals surface area contributed by atoms with E-state index in [0.717, 1.165) is 0 Å².